The Kier molecular flexibility index (Phi) is 9.48. The van der Waals surface area contributed by atoms with E-state index in [1.807, 2.05) is 68.1 Å². The Morgan fingerprint density at radius 3 is 2.70 bits per heavy atom. The Balaban J connectivity index is 1.47. The van der Waals surface area contributed by atoms with Crippen LogP contribution in [0.2, 0.25) is 0 Å². The number of carbonyl (C=O) groups is 1. The molecule has 262 valence electrons. The van der Waals surface area contributed by atoms with Crippen molar-refractivity contribution >= 4 is 16.9 Å². The Morgan fingerprint density at radius 2 is 1.92 bits per heavy atom. The molecule has 6 rings (SSSR count). The highest BCUT2D eigenvalue weighted by molar-refractivity contribution is 5.85. The van der Waals surface area contributed by atoms with E-state index >= 15 is 4.39 Å². The van der Waals surface area contributed by atoms with Crippen LogP contribution in [-0.2, 0) is 35.0 Å². The maximum Gasteiger partial charge on any atom is 0.306 e. The molecule has 3 aromatic carbocycles. The summed E-state index contributed by atoms with van der Waals surface area (Å²) in [6.45, 7) is 8.18. The van der Waals surface area contributed by atoms with Gasteiger partial charge < -0.3 is 34.9 Å². The lowest BCUT2D eigenvalue weighted by Gasteiger charge is -2.31. The monoisotopic (exact) mass is 680 g/mol. The van der Waals surface area contributed by atoms with Crippen LogP contribution in [0.15, 0.2) is 85.0 Å². The fourth-order valence-electron chi connectivity index (χ4n) is 6.61. The van der Waals surface area contributed by atoms with E-state index < -0.39 is 28.7 Å². The largest absolute Gasteiger partial charge is 0.481 e. The maximum absolute atomic E-state index is 15.8. The highest BCUT2D eigenvalue weighted by Crippen LogP contribution is 2.40. The van der Waals surface area contributed by atoms with Crippen molar-refractivity contribution in [2.24, 2.45) is 24.5 Å². The lowest BCUT2D eigenvalue weighted by atomic mass is 9.75. The number of rotatable bonds is 4. The number of aromatic amines is 1. The predicted molar refractivity (Wildman–Crippen MR) is 192 cm³/mol. The Labute approximate surface area is 291 Å². The molecule has 1 aliphatic heterocycles. The lowest BCUT2D eigenvalue weighted by molar-refractivity contribution is -0.141. The number of aryl methyl sites for hydroxylation is 1. The van der Waals surface area contributed by atoms with Gasteiger partial charge in [0.25, 0.3) is 0 Å². The number of aliphatic carboxylic acids is 1. The highest BCUT2D eigenvalue weighted by atomic mass is 19.1. The normalized spacial score (nSPS) is 20.1. The van der Waals surface area contributed by atoms with Crippen LogP contribution in [0.5, 0.6) is 11.5 Å². The van der Waals surface area contributed by atoms with Crippen LogP contribution in [0.1, 0.15) is 62.9 Å². The zero-order valence-electron chi connectivity index (χ0n) is 29.2. The van der Waals surface area contributed by atoms with E-state index in [-0.39, 0.29) is 12.3 Å². The Hall–Kier alpha value is -5.13. The molecular weight excluding hydrogens is 635 g/mol. The molecule has 0 radical (unpaired) electrons. The summed E-state index contributed by atoms with van der Waals surface area (Å²) in [5.41, 5.74) is 10.4. The molecule has 0 fully saturated rings. The van der Waals surface area contributed by atoms with Crippen LogP contribution in [0, 0.1) is 11.7 Å². The molecule has 10 nitrogen and oxygen atoms in total. The SMILES string of the molecule is CC(Cc1cccc(C2(C)CCCOC(C)(C)/C(N)=C/N(N)Cc3c(c(F)cc4[nH]ccc34)Oc3cccc(c3)-c3nc2cn3C)c1)C(=O)O. The minimum atomic E-state index is -0.855. The highest BCUT2D eigenvalue weighted by Gasteiger charge is 2.33. The number of fused-ring (bicyclic) bond motifs is 8. The maximum atomic E-state index is 15.8. The average molecular weight is 681 g/mol. The molecule has 4 bridgehead atoms. The van der Waals surface area contributed by atoms with Crippen molar-refractivity contribution in [3.05, 3.63) is 113 Å². The van der Waals surface area contributed by atoms with Gasteiger partial charge in [-0.25, -0.2) is 15.2 Å². The minimum absolute atomic E-state index is 0.0651. The smallest absolute Gasteiger partial charge is 0.306 e. The van der Waals surface area contributed by atoms with E-state index in [2.05, 4.69) is 24.0 Å². The number of nitrogens with zero attached hydrogens (tertiary/aromatic N) is 3. The number of carboxylic acids is 1. The number of nitrogens with one attached hydrogen (secondary N) is 1. The van der Waals surface area contributed by atoms with Gasteiger partial charge >= 0.3 is 5.97 Å². The molecule has 0 spiro atoms. The first-order valence-electron chi connectivity index (χ1n) is 16.8. The third-order valence-electron chi connectivity index (χ3n) is 9.77. The summed E-state index contributed by atoms with van der Waals surface area (Å²) >= 11 is 0. The van der Waals surface area contributed by atoms with Crippen molar-refractivity contribution in [2.75, 3.05) is 6.61 Å². The zero-order chi connectivity index (χ0) is 35.8. The number of carboxylic acid groups (broad SMARTS) is 1. The van der Waals surface area contributed by atoms with Crippen molar-refractivity contribution < 1.29 is 23.8 Å². The van der Waals surface area contributed by atoms with Crippen LogP contribution in [0.3, 0.4) is 0 Å². The van der Waals surface area contributed by atoms with Crippen LogP contribution < -0.4 is 16.3 Å². The lowest BCUT2D eigenvalue weighted by Crippen LogP contribution is -2.36. The fraction of sp³-hybridized carbons (Fsp3) is 0.333. The van der Waals surface area contributed by atoms with Crippen molar-refractivity contribution in [2.45, 2.75) is 64.5 Å². The van der Waals surface area contributed by atoms with Gasteiger partial charge in [-0.15, -0.1) is 0 Å². The number of benzene rings is 3. The summed E-state index contributed by atoms with van der Waals surface area (Å²) in [7, 11) is 1.95. The van der Waals surface area contributed by atoms with E-state index in [4.69, 9.17) is 26.0 Å². The summed E-state index contributed by atoms with van der Waals surface area (Å²) in [6, 6.07) is 18.8. The Morgan fingerprint density at radius 1 is 1.14 bits per heavy atom. The number of H-pyrrole nitrogens is 1. The molecule has 2 atom stereocenters. The number of imidazole rings is 1. The molecular formula is C39H45FN6O4. The van der Waals surface area contributed by atoms with Crippen LogP contribution >= 0.6 is 0 Å². The third kappa shape index (κ3) is 6.97. The second-order valence-electron chi connectivity index (χ2n) is 14.0. The third-order valence-corrected chi connectivity index (χ3v) is 9.77. The molecule has 0 saturated carbocycles. The van der Waals surface area contributed by atoms with Gasteiger partial charge in [-0.2, -0.15) is 0 Å². The van der Waals surface area contributed by atoms with E-state index in [0.717, 1.165) is 33.6 Å². The number of aromatic nitrogens is 3. The first-order chi connectivity index (χ1) is 23.7. The number of hydrazine groups is 1. The van der Waals surface area contributed by atoms with E-state index in [9.17, 15) is 9.90 Å². The summed E-state index contributed by atoms with van der Waals surface area (Å²) < 4.78 is 30.4. The second-order valence-corrected chi connectivity index (χ2v) is 14.0. The topological polar surface area (TPSA) is 145 Å². The first-order valence-corrected chi connectivity index (χ1v) is 16.8. The van der Waals surface area contributed by atoms with Crippen LogP contribution in [0.4, 0.5) is 4.39 Å². The van der Waals surface area contributed by atoms with Gasteiger partial charge in [0.15, 0.2) is 11.6 Å². The molecule has 50 heavy (non-hydrogen) atoms. The molecule has 6 N–H and O–H groups in total. The molecule has 0 amide bonds. The molecule has 0 saturated heterocycles. The van der Waals surface area contributed by atoms with Crippen molar-refractivity contribution in [1.82, 2.24) is 19.5 Å². The molecule has 1 aliphatic rings. The summed E-state index contributed by atoms with van der Waals surface area (Å²) in [6.07, 6.45) is 7.19. The number of hydrogen-bond acceptors (Lipinski definition) is 7. The second kappa shape index (κ2) is 13.6. The number of nitrogens with two attached hydrogens (primary N) is 2. The predicted octanol–water partition coefficient (Wildman–Crippen LogP) is 7.13. The molecule has 0 aliphatic carbocycles. The quantitative estimate of drug-likeness (QED) is 0.147. The van der Waals surface area contributed by atoms with Gasteiger partial charge in [0.05, 0.1) is 23.9 Å². The van der Waals surface area contributed by atoms with E-state index in [1.54, 1.807) is 25.4 Å². The summed E-state index contributed by atoms with van der Waals surface area (Å²) in [5.74, 6) is 5.84. The van der Waals surface area contributed by atoms with Gasteiger partial charge in [-0.3, -0.25) is 4.79 Å². The number of halogens is 1. The van der Waals surface area contributed by atoms with Gasteiger partial charge in [0.1, 0.15) is 17.2 Å². The first kappa shape index (κ1) is 34.7. The standard InChI is InChI=1S/C39H45FN6O4/c1-24(37(47)48)17-25-9-6-11-27(18-25)39(4)14-8-16-49-38(2,3)33(41)22-46(42)21-30-29-13-15-43-32(29)20-31(40)35(30)50-28-12-7-10-26(19-28)36-44-34(39)23-45(36)5/h6-7,9-13,15,18-20,22-24,43H,8,14,16-17,21,41-42H2,1-5H3,(H,47,48)/b33-22-. The van der Waals surface area contributed by atoms with Crippen LogP contribution in [-0.4, -0.2) is 42.8 Å². The van der Waals surface area contributed by atoms with Gasteiger partial charge in [0, 0.05) is 65.8 Å². The molecule has 3 heterocycles. The number of hydrogen-bond donors (Lipinski definition) is 4. The Bertz CT molecular complexity index is 2070. The van der Waals surface area contributed by atoms with Crippen LogP contribution in [0.25, 0.3) is 22.3 Å². The van der Waals surface area contributed by atoms with E-state index in [1.165, 1.54) is 11.1 Å². The van der Waals surface area contributed by atoms with Gasteiger partial charge in [0.2, 0.25) is 0 Å². The zero-order valence-corrected chi connectivity index (χ0v) is 29.2. The summed E-state index contributed by atoms with van der Waals surface area (Å²) in [5, 5.41) is 11.8. The van der Waals surface area contributed by atoms with E-state index in [0.29, 0.717) is 48.4 Å². The molecule has 2 unspecified atom stereocenters. The summed E-state index contributed by atoms with van der Waals surface area (Å²) in [4.78, 5) is 19.9. The number of ether oxygens (including phenoxy) is 2. The van der Waals surface area contributed by atoms with Gasteiger partial charge in [-0.05, 0) is 69.4 Å². The van der Waals surface area contributed by atoms with Crippen molar-refractivity contribution in [1.29, 1.82) is 0 Å². The molecule has 11 heteroatoms. The molecule has 2 aromatic heterocycles. The van der Waals surface area contributed by atoms with Crippen molar-refractivity contribution in [3.63, 3.8) is 0 Å². The van der Waals surface area contributed by atoms with Crippen molar-refractivity contribution in [3.8, 4) is 22.9 Å². The fourth-order valence-corrected chi connectivity index (χ4v) is 6.61. The minimum Gasteiger partial charge on any atom is -0.481 e. The average Bonchev–Trinajstić information content (AvgIpc) is 3.71. The van der Waals surface area contributed by atoms with Gasteiger partial charge in [-0.1, -0.05) is 43.3 Å². The molecule has 5 aromatic rings.